The van der Waals surface area contributed by atoms with E-state index in [9.17, 15) is 0 Å². The summed E-state index contributed by atoms with van der Waals surface area (Å²) in [6.45, 7) is 27.8. The van der Waals surface area contributed by atoms with Gasteiger partial charge in [-0.3, -0.25) is 0 Å². The number of aromatic nitrogens is 2. The van der Waals surface area contributed by atoms with Gasteiger partial charge in [-0.15, -0.1) is 0 Å². The highest BCUT2D eigenvalue weighted by Crippen LogP contribution is 2.51. The van der Waals surface area contributed by atoms with Gasteiger partial charge in [0, 0.05) is 122 Å². The van der Waals surface area contributed by atoms with Crippen molar-refractivity contribution in [1.82, 2.24) is 8.80 Å². The molecule has 0 saturated heterocycles. The van der Waals surface area contributed by atoms with Gasteiger partial charge in [0.05, 0.1) is 60.6 Å². The molecule has 0 atom stereocenters. The summed E-state index contributed by atoms with van der Waals surface area (Å²) < 4.78 is 18.6. The Balaban J connectivity index is 0.000000145. The van der Waals surface area contributed by atoms with Crippen molar-refractivity contribution in [3.63, 3.8) is 0 Å². The van der Waals surface area contributed by atoms with E-state index < -0.39 is 16.1 Å². The molecule has 10 heteroatoms. The second-order valence-corrected chi connectivity index (χ2v) is 50.3. The zero-order valence-corrected chi connectivity index (χ0v) is 80.6. The van der Waals surface area contributed by atoms with Crippen LogP contribution >= 0.6 is 0 Å². The van der Waals surface area contributed by atoms with Crippen molar-refractivity contribution in [2.75, 3.05) is 19.6 Å². The van der Waals surface area contributed by atoms with Gasteiger partial charge in [0.2, 0.25) is 0 Å². The molecule has 0 bridgehead atoms. The number of fused-ring (bicyclic) bond motifs is 22. The van der Waals surface area contributed by atoms with Crippen LogP contribution in [-0.4, -0.2) is 24.9 Å². The number of hydrogen-bond donors (Lipinski definition) is 0. The Hall–Kier alpha value is -15.7. The average molecular weight is 1790 g/mol. The van der Waals surface area contributed by atoms with Crippen LogP contribution in [0.5, 0.6) is 0 Å². The van der Waals surface area contributed by atoms with Gasteiger partial charge < -0.3 is 37.2 Å². The molecular weight excluding hydrogens is 1690 g/mol. The van der Waals surface area contributed by atoms with Gasteiger partial charge in [-0.1, -0.05) is 284 Å². The number of hydrogen-bond acceptors (Lipinski definition) is 6. The van der Waals surface area contributed by atoms with Crippen LogP contribution < -0.4 is 30.0 Å². The molecule has 0 saturated carbocycles. The van der Waals surface area contributed by atoms with Crippen LogP contribution in [0.15, 0.2) is 397 Å². The zero-order chi connectivity index (χ0) is 92.0. The van der Waals surface area contributed by atoms with E-state index >= 15 is 0 Å². The first-order valence-corrected chi connectivity index (χ1v) is 54.9. The molecule has 26 rings (SSSR count). The molecule has 136 heavy (non-hydrogen) atoms. The maximum Gasteiger partial charge on any atom is 0.159 e. The average Bonchev–Trinajstić information content (AvgIpc) is 1.54. The lowest BCUT2D eigenvalue weighted by Crippen LogP contribution is -2.37. The number of furan rings is 2. The first kappa shape index (κ1) is 82.2. The summed E-state index contributed by atoms with van der Waals surface area (Å²) in [5, 5.41) is 27.3. The molecule has 0 aliphatic carbocycles. The minimum atomic E-state index is -1.46. The predicted octanol–water partition coefficient (Wildman–Crippen LogP) is 35.9. The quantitative estimate of drug-likeness (QED) is 0.0899. The molecule has 26 aromatic rings. The maximum absolute atomic E-state index is 6.76. The Kier molecular flexibility index (Phi) is 19.0. The van der Waals surface area contributed by atoms with Crippen molar-refractivity contribution in [1.29, 1.82) is 0 Å². The lowest BCUT2D eigenvalue weighted by atomic mass is 10.0. The van der Waals surface area contributed by atoms with E-state index in [0.717, 1.165) is 112 Å². The normalized spacial score (nSPS) is 12.4. The summed E-state index contributed by atoms with van der Waals surface area (Å²) >= 11 is 0. The molecule has 20 aromatic carbocycles. The van der Waals surface area contributed by atoms with Gasteiger partial charge in [-0.25, -0.2) is 0 Å². The Labute approximate surface area is 792 Å². The highest BCUT2D eigenvalue weighted by atomic mass is 28.3. The van der Waals surface area contributed by atoms with Crippen molar-refractivity contribution in [3.05, 3.63) is 411 Å². The summed E-state index contributed by atoms with van der Waals surface area (Å²) in [4.78, 5) is 9.52. The van der Waals surface area contributed by atoms with Gasteiger partial charge in [-0.05, 0) is 273 Å². The van der Waals surface area contributed by atoms with Crippen LogP contribution in [0.3, 0.4) is 0 Å². The van der Waals surface area contributed by atoms with Crippen molar-refractivity contribution in [2.45, 2.75) is 92.7 Å². The van der Waals surface area contributed by atoms with E-state index in [0.29, 0.717) is 11.8 Å². The molecular formula is C126H102N6O2Si2. The molecule has 6 heterocycles. The largest absolute Gasteiger partial charge is 0.454 e. The molecule has 0 amide bonds. The molecule has 0 aliphatic heterocycles. The fourth-order valence-corrected chi connectivity index (χ4v) is 24.1. The molecule has 656 valence electrons. The van der Waals surface area contributed by atoms with E-state index in [1.54, 1.807) is 0 Å². The van der Waals surface area contributed by atoms with Crippen LogP contribution in [-0.2, 0) is 0 Å². The molecule has 0 unspecified atom stereocenters. The molecule has 0 radical (unpaired) electrons. The van der Waals surface area contributed by atoms with E-state index in [-0.39, 0.29) is 0 Å². The molecule has 0 fully saturated rings. The van der Waals surface area contributed by atoms with Crippen LogP contribution in [0.2, 0.25) is 39.3 Å². The number of anilines is 12. The third-order valence-corrected chi connectivity index (χ3v) is 33.1. The number of aryl methyl sites for hydroxylation is 2. The molecule has 0 spiro atoms. The smallest absolute Gasteiger partial charge is 0.159 e. The Morgan fingerprint density at radius 3 is 0.772 bits per heavy atom. The second-order valence-electron chi connectivity index (χ2n) is 40.2. The van der Waals surface area contributed by atoms with E-state index in [1.807, 2.05) is 0 Å². The van der Waals surface area contributed by atoms with Gasteiger partial charge >= 0.3 is 0 Å². The summed E-state index contributed by atoms with van der Waals surface area (Å²) in [6.07, 6.45) is 0. The minimum Gasteiger partial charge on any atom is -0.454 e. The number of para-hydroxylation sites is 8. The standard InChI is InChI=1S/C64H41N3O2.C62H61N3Si2/c1-38-14-9-22-50-52-24-12-26-56(63(52)68-61(38)50)65(44-16-5-3-6-17-44)46-30-28-40-34-54-48-20-11-21-49-55-35-41-29-31-47(33-43(41)37-59(55)67(60(48)49)58(54)36-42(40)32-46)66(45-18-7-4-8-19-45)57-27-13-25-53-51-23-10-15-39(2)62(51)69-64(53)57;1-40(2)42-14-20-48(21-15-42)63(50-26-30-54(31-27-50)66(5,6)7)52-24-18-44-36-58-56-12-11-13-57-59-37-45-19-25-53(35-47(45)39-61(59)65(62(56)57)60(58)38-46(44)34-52)64(49-22-16-43(17-23-49)41(3)4)51-28-32-55(33-29-51)67(8,9)10/h3-37H,1-2H3;11-41H,1-10H3. The fourth-order valence-electron chi connectivity index (χ4n) is 21.8. The van der Waals surface area contributed by atoms with E-state index in [4.69, 9.17) is 8.83 Å². The van der Waals surface area contributed by atoms with Gasteiger partial charge in [-0.2, -0.15) is 0 Å². The lowest BCUT2D eigenvalue weighted by molar-refractivity contribution is 0.665. The summed E-state index contributed by atoms with van der Waals surface area (Å²) in [6, 6.07) is 145. The molecule has 0 aliphatic rings. The summed E-state index contributed by atoms with van der Waals surface area (Å²) in [5.74, 6) is 0.947. The summed E-state index contributed by atoms with van der Waals surface area (Å²) in [5.41, 5.74) is 29.2. The van der Waals surface area contributed by atoms with Crippen LogP contribution in [0.25, 0.3) is 163 Å². The first-order chi connectivity index (χ1) is 66.1. The predicted molar refractivity (Wildman–Crippen MR) is 589 cm³/mol. The number of benzene rings is 20. The molecule has 0 N–H and O–H groups in total. The number of nitrogens with zero attached hydrogens (tertiary/aromatic N) is 6. The minimum absolute atomic E-state index is 0.474. The SMILES string of the molecule is CC(C)c1ccc(N(c2ccc([Si](C)(C)C)cc2)c2ccc3cc4c5cccc6c7cc8ccc(N(c9ccc(C(C)C)cc9)c9ccc([Si](C)(C)C)cc9)cc8cc7n(c4cc3c2)c56)cc1.Cc1cccc2c1oc1c(N(c3ccccc3)c3ccc4cc5c6cccc7c8cc9ccc(N(c%10ccccc%10)c%10cccc%11c%10oc%10c(C)cccc%10%11)cc9cc8n(c5cc4c3)c67)cccc12. The van der Waals surface area contributed by atoms with Crippen LogP contribution in [0.4, 0.5) is 68.2 Å². The Morgan fingerprint density at radius 2 is 0.471 bits per heavy atom. The maximum atomic E-state index is 6.76. The van der Waals surface area contributed by atoms with Crippen molar-refractivity contribution in [3.8, 4) is 0 Å². The zero-order valence-electron chi connectivity index (χ0n) is 78.6. The highest BCUT2D eigenvalue weighted by Gasteiger charge is 2.29. The molecule has 6 aromatic heterocycles. The second kappa shape index (κ2) is 31.5. The van der Waals surface area contributed by atoms with E-state index in [2.05, 4.69) is 497 Å². The van der Waals surface area contributed by atoms with Gasteiger partial charge in [0.15, 0.2) is 11.2 Å². The highest BCUT2D eigenvalue weighted by molar-refractivity contribution is 6.89. The first-order valence-electron chi connectivity index (χ1n) is 47.9. The van der Waals surface area contributed by atoms with Gasteiger partial charge in [0.25, 0.3) is 0 Å². The summed E-state index contributed by atoms with van der Waals surface area (Å²) in [7, 11) is -2.92. The van der Waals surface area contributed by atoms with E-state index in [1.165, 1.54) is 152 Å². The third-order valence-electron chi connectivity index (χ3n) is 29.0. The van der Waals surface area contributed by atoms with Crippen LogP contribution in [0, 0.1) is 13.8 Å². The fraction of sp³-hybridized carbons (Fsp3) is 0.111. The third kappa shape index (κ3) is 13.4. The Morgan fingerprint density at radius 1 is 0.213 bits per heavy atom. The molecule has 8 nitrogen and oxygen atoms in total. The topological polar surface area (TPSA) is 48.1 Å². The van der Waals surface area contributed by atoms with Crippen molar-refractivity contribution < 1.29 is 8.83 Å². The van der Waals surface area contributed by atoms with Crippen molar-refractivity contribution in [2.24, 2.45) is 0 Å². The van der Waals surface area contributed by atoms with Gasteiger partial charge in [0.1, 0.15) is 11.2 Å². The number of rotatable bonds is 16. The Bertz CT molecular complexity index is 8760. The monoisotopic (exact) mass is 1790 g/mol. The van der Waals surface area contributed by atoms with Crippen LogP contribution in [0.1, 0.15) is 61.8 Å². The van der Waals surface area contributed by atoms with Crippen molar-refractivity contribution >= 4 is 258 Å². The lowest BCUT2D eigenvalue weighted by Gasteiger charge is -2.27.